The van der Waals surface area contributed by atoms with Gasteiger partial charge in [-0.05, 0) is 37.1 Å². The Bertz CT molecular complexity index is 814. The SMILES string of the molecule is COC(=O)C(C)(C)CC(=O)c1ccc(-c2ccc(N=C=O)cc2)cc1. The van der Waals surface area contributed by atoms with Crippen LogP contribution in [0.15, 0.2) is 53.5 Å². The van der Waals surface area contributed by atoms with Crippen LogP contribution >= 0.6 is 0 Å². The molecule has 2 aromatic carbocycles. The normalized spacial score (nSPS) is 10.7. The lowest BCUT2D eigenvalue weighted by atomic mass is 9.85. The van der Waals surface area contributed by atoms with Gasteiger partial charge in [0, 0.05) is 12.0 Å². The lowest BCUT2D eigenvalue weighted by molar-refractivity contribution is -0.150. The summed E-state index contributed by atoms with van der Waals surface area (Å²) in [4.78, 5) is 37.9. The number of hydrogen-bond acceptors (Lipinski definition) is 5. The van der Waals surface area contributed by atoms with Crippen LogP contribution in [0.5, 0.6) is 0 Å². The van der Waals surface area contributed by atoms with E-state index >= 15 is 0 Å². The standard InChI is InChI=1S/C20H19NO4/c1-20(2,19(24)25-3)12-18(23)16-6-4-14(5-7-16)15-8-10-17(11-9-15)21-13-22/h4-11H,12H2,1-3H3. The van der Waals surface area contributed by atoms with Gasteiger partial charge in [0.1, 0.15) is 0 Å². The maximum Gasteiger partial charge on any atom is 0.311 e. The predicted molar refractivity (Wildman–Crippen MR) is 94.4 cm³/mol. The Morgan fingerprint density at radius 1 is 1.00 bits per heavy atom. The van der Waals surface area contributed by atoms with Crippen LogP contribution < -0.4 is 0 Å². The molecule has 0 bridgehead atoms. The molecule has 0 fully saturated rings. The van der Waals surface area contributed by atoms with Crippen molar-refractivity contribution >= 4 is 23.5 Å². The molecule has 0 amide bonds. The molecule has 0 radical (unpaired) electrons. The Hall–Kier alpha value is -3.04. The second-order valence-electron chi connectivity index (χ2n) is 6.30. The Kier molecular flexibility index (Phi) is 5.63. The monoisotopic (exact) mass is 337 g/mol. The van der Waals surface area contributed by atoms with Crippen LogP contribution in [0.25, 0.3) is 11.1 Å². The fourth-order valence-corrected chi connectivity index (χ4v) is 2.48. The zero-order valence-corrected chi connectivity index (χ0v) is 14.4. The van der Waals surface area contributed by atoms with E-state index in [-0.39, 0.29) is 12.2 Å². The highest BCUT2D eigenvalue weighted by molar-refractivity contribution is 5.99. The molecular formula is C20H19NO4. The summed E-state index contributed by atoms with van der Waals surface area (Å²) in [5.41, 5.74) is 2.10. The minimum atomic E-state index is -0.862. The Labute approximate surface area is 146 Å². The highest BCUT2D eigenvalue weighted by Gasteiger charge is 2.31. The average Bonchev–Trinajstić information content (AvgIpc) is 2.61. The van der Waals surface area contributed by atoms with E-state index in [2.05, 4.69) is 4.99 Å². The molecule has 0 spiro atoms. The van der Waals surface area contributed by atoms with Gasteiger partial charge in [0.2, 0.25) is 6.08 Å². The van der Waals surface area contributed by atoms with Crippen molar-refractivity contribution in [1.82, 2.24) is 0 Å². The minimum absolute atomic E-state index is 0.0808. The van der Waals surface area contributed by atoms with Gasteiger partial charge in [0.25, 0.3) is 0 Å². The zero-order chi connectivity index (χ0) is 18.4. The van der Waals surface area contributed by atoms with Crippen molar-refractivity contribution in [3.63, 3.8) is 0 Å². The molecule has 128 valence electrons. The third-order valence-electron chi connectivity index (χ3n) is 3.92. The second-order valence-corrected chi connectivity index (χ2v) is 6.30. The summed E-state index contributed by atoms with van der Waals surface area (Å²) in [6.07, 6.45) is 1.58. The van der Waals surface area contributed by atoms with E-state index in [0.717, 1.165) is 11.1 Å². The third-order valence-corrected chi connectivity index (χ3v) is 3.92. The smallest absolute Gasteiger partial charge is 0.311 e. The van der Waals surface area contributed by atoms with Gasteiger partial charge >= 0.3 is 5.97 Å². The predicted octanol–water partition coefficient (Wildman–Crippen LogP) is 4.09. The molecule has 0 aliphatic heterocycles. The number of esters is 1. The van der Waals surface area contributed by atoms with Gasteiger partial charge in [-0.3, -0.25) is 9.59 Å². The summed E-state index contributed by atoms with van der Waals surface area (Å²) in [5, 5.41) is 0. The Balaban J connectivity index is 2.15. The number of hydrogen-bond donors (Lipinski definition) is 0. The molecule has 0 aliphatic rings. The van der Waals surface area contributed by atoms with Gasteiger partial charge in [-0.2, -0.15) is 4.99 Å². The number of carbonyl (C=O) groups is 2. The largest absolute Gasteiger partial charge is 0.469 e. The first-order valence-corrected chi connectivity index (χ1v) is 7.77. The highest BCUT2D eigenvalue weighted by atomic mass is 16.5. The van der Waals surface area contributed by atoms with Gasteiger partial charge < -0.3 is 4.74 Å². The van der Waals surface area contributed by atoms with E-state index in [0.29, 0.717) is 11.3 Å². The van der Waals surface area contributed by atoms with Crippen molar-refractivity contribution in [3.8, 4) is 11.1 Å². The average molecular weight is 337 g/mol. The summed E-state index contributed by atoms with van der Waals surface area (Å²) >= 11 is 0. The highest BCUT2D eigenvalue weighted by Crippen LogP contribution is 2.26. The fraction of sp³-hybridized carbons (Fsp3) is 0.250. The molecule has 2 rings (SSSR count). The molecular weight excluding hydrogens is 318 g/mol. The number of aliphatic imine (C=N–C) groups is 1. The number of ketones is 1. The maximum atomic E-state index is 12.4. The molecule has 5 nitrogen and oxygen atoms in total. The molecule has 0 heterocycles. The van der Waals surface area contributed by atoms with Crippen LogP contribution in [-0.2, 0) is 14.3 Å². The molecule has 0 N–H and O–H groups in total. The minimum Gasteiger partial charge on any atom is -0.469 e. The quantitative estimate of drug-likeness (QED) is 0.344. The molecule has 0 saturated heterocycles. The lowest BCUT2D eigenvalue weighted by Crippen LogP contribution is -2.28. The van der Waals surface area contributed by atoms with Crippen LogP contribution in [0.3, 0.4) is 0 Å². The zero-order valence-electron chi connectivity index (χ0n) is 14.4. The second kappa shape index (κ2) is 7.69. The summed E-state index contributed by atoms with van der Waals surface area (Å²) in [5.74, 6) is -0.520. The van der Waals surface area contributed by atoms with Gasteiger partial charge in [-0.15, -0.1) is 0 Å². The van der Waals surface area contributed by atoms with E-state index in [1.165, 1.54) is 13.2 Å². The topological polar surface area (TPSA) is 72.8 Å². The van der Waals surface area contributed by atoms with Crippen LogP contribution in [0.1, 0.15) is 30.6 Å². The fourth-order valence-electron chi connectivity index (χ4n) is 2.48. The number of rotatable bonds is 6. The Morgan fingerprint density at radius 3 is 2.00 bits per heavy atom. The van der Waals surface area contributed by atoms with Crippen LogP contribution in [0.4, 0.5) is 5.69 Å². The van der Waals surface area contributed by atoms with Crippen LogP contribution in [0, 0.1) is 5.41 Å². The third kappa shape index (κ3) is 4.49. The van der Waals surface area contributed by atoms with E-state index in [1.54, 1.807) is 38.1 Å². The number of carbonyl (C=O) groups excluding carboxylic acids is 3. The van der Waals surface area contributed by atoms with Gasteiger partial charge in [-0.25, -0.2) is 4.79 Å². The molecule has 0 aromatic heterocycles. The Morgan fingerprint density at radius 2 is 1.52 bits per heavy atom. The number of ether oxygens (including phenoxy) is 1. The van der Waals surface area contributed by atoms with Crippen molar-refractivity contribution in [3.05, 3.63) is 54.1 Å². The first kappa shape index (κ1) is 18.3. The number of Topliss-reactive ketones (excluding diaryl/α,β-unsaturated/α-hetero) is 1. The van der Waals surface area contributed by atoms with Gasteiger partial charge in [-0.1, -0.05) is 36.4 Å². The summed E-state index contributed by atoms with van der Waals surface area (Å²) in [6.45, 7) is 3.38. The summed E-state index contributed by atoms with van der Waals surface area (Å²) < 4.78 is 4.73. The van der Waals surface area contributed by atoms with Crippen molar-refractivity contribution in [2.24, 2.45) is 10.4 Å². The van der Waals surface area contributed by atoms with Crippen molar-refractivity contribution in [1.29, 1.82) is 0 Å². The first-order chi connectivity index (χ1) is 11.9. The molecule has 5 heteroatoms. The van der Waals surface area contributed by atoms with Gasteiger partial charge in [0.15, 0.2) is 5.78 Å². The number of isocyanates is 1. The van der Waals surface area contributed by atoms with Crippen LogP contribution in [-0.4, -0.2) is 24.9 Å². The molecule has 0 aliphatic carbocycles. The van der Waals surface area contributed by atoms with Crippen LogP contribution in [0.2, 0.25) is 0 Å². The molecule has 0 atom stereocenters. The number of methoxy groups -OCH3 is 1. The molecule has 25 heavy (non-hydrogen) atoms. The van der Waals surface area contributed by atoms with E-state index in [1.807, 2.05) is 24.3 Å². The van der Waals surface area contributed by atoms with E-state index < -0.39 is 11.4 Å². The summed E-state index contributed by atoms with van der Waals surface area (Å²) in [7, 11) is 1.31. The molecule has 0 saturated carbocycles. The van der Waals surface area contributed by atoms with Gasteiger partial charge in [0.05, 0.1) is 18.2 Å². The number of nitrogens with zero attached hydrogens (tertiary/aromatic N) is 1. The lowest BCUT2D eigenvalue weighted by Gasteiger charge is -2.20. The van der Waals surface area contributed by atoms with Crippen molar-refractivity contribution < 1.29 is 19.1 Å². The first-order valence-electron chi connectivity index (χ1n) is 7.77. The maximum absolute atomic E-state index is 12.4. The number of benzene rings is 2. The van der Waals surface area contributed by atoms with Crippen molar-refractivity contribution in [2.75, 3.05) is 7.11 Å². The molecule has 2 aromatic rings. The van der Waals surface area contributed by atoms with Crippen molar-refractivity contribution in [2.45, 2.75) is 20.3 Å². The summed E-state index contributed by atoms with van der Waals surface area (Å²) in [6, 6.07) is 14.3. The van der Waals surface area contributed by atoms with E-state index in [4.69, 9.17) is 4.74 Å². The molecule has 0 unspecified atom stereocenters. The van der Waals surface area contributed by atoms with E-state index in [9.17, 15) is 14.4 Å².